The number of ether oxygens (including phenoxy) is 3. The molecule has 0 unspecified atom stereocenters. The summed E-state index contributed by atoms with van der Waals surface area (Å²) in [4.78, 5) is 33.9. The molecule has 0 radical (unpaired) electrons. The van der Waals surface area contributed by atoms with Crippen molar-refractivity contribution in [3.63, 3.8) is 0 Å². The number of carbonyl (C=O) groups excluding carboxylic acids is 2. The van der Waals surface area contributed by atoms with Gasteiger partial charge in [0.1, 0.15) is 28.7 Å². The third-order valence-electron chi connectivity index (χ3n) is 6.63. The van der Waals surface area contributed by atoms with Crippen LogP contribution in [0.1, 0.15) is 55.3 Å². The van der Waals surface area contributed by atoms with E-state index >= 15 is 0 Å². The Morgan fingerprint density at radius 1 is 1.20 bits per heavy atom. The number of benzene rings is 1. The normalized spacial score (nSPS) is 14.7. The summed E-state index contributed by atoms with van der Waals surface area (Å²) in [6.45, 7) is 11.6. The van der Waals surface area contributed by atoms with Gasteiger partial charge in [0.25, 0.3) is 5.91 Å². The van der Waals surface area contributed by atoms with Crippen molar-refractivity contribution in [2.45, 2.75) is 52.4 Å². The SMILES string of the molecule is COc1ccccc1[C@H](CNc1sc(-c2ncco2)c(C)c1C(=O)NC(C)(C)C(=O)N1CCOCC1)OC(C)C. The lowest BCUT2D eigenvalue weighted by Crippen LogP contribution is -2.58. The second-order valence-corrected chi connectivity index (χ2v) is 11.4. The molecule has 216 valence electrons. The van der Waals surface area contributed by atoms with Crippen LogP contribution in [0.3, 0.4) is 0 Å². The van der Waals surface area contributed by atoms with E-state index in [2.05, 4.69) is 15.6 Å². The van der Waals surface area contributed by atoms with Gasteiger partial charge in [-0.1, -0.05) is 18.2 Å². The molecule has 2 amide bonds. The fraction of sp³-hybridized carbons (Fsp3) is 0.483. The molecule has 1 atom stereocenters. The van der Waals surface area contributed by atoms with Gasteiger partial charge in [-0.2, -0.15) is 0 Å². The first-order valence-electron chi connectivity index (χ1n) is 13.4. The summed E-state index contributed by atoms with van der Waals surface area (Å²) in [5, 5.41) is 7.05. The molecule has 2 aromatic heterocycles. The number of oxazole rings is 1. The predicted molar refractivity (Wildman–Crippen MR) is 154 cm³/mol. The number of carbonyl (C=O) groups is 2. The Morgan fingerprint density at radius 3 is 2.58 bits per heavy atom. The first-order valence-corrected chi connectivity index (χ1v) is 14.2. The molecule has 40 heavy (non-hydrogen) atoms. The Labute approximate surface area is 239 Å². The highest BCUT2D eigenvalue weighted by molar-refractivity contribution is 7.20. The molecular weight excluding hydrogens is 532 g/mol. The molecule has 1 aromatic carbocycles. The first kappa shape index (κ1) is 29.6. The molecule has 0 bridgehead atoms. The van der Waals surface area contributed by atoms with Gasteiger partial charge < -0.3 is 34.2 Å². The van der Waals surface area contributed by atoms with Crippen molar-refractivity contribution < 1.29 is 28.2 Å². The van der Waals surface area contributed by atoms with Gasteiger partial charge in [0, 0.05) is 25.2 Å². The maximum atomic E-state index is 13.8. The summed E-state index contributed by atoms with van der Waals surface area (Å²) in [6.07, 6.45) is 2.68. The Bertz CT molecular complexity index is 1300. The van der Waals surface area contributed by atoms with Gasteiger partial charge in [0.2, 0.25) is 11.8 Å². The van der Waals surface area contributed by atoms with Crippen molar-refractivity contribution in [2.24, 2.45) is 0 Å². The van der Waals surface area contributed by atoms with Crippen LogP contribution in [0.5, 0.6) is 5.75 Å². The van der Waals surface area contributed by atoms with E-state index < -0.39 is 5.54 Å². The summed E-state index contributed by atoms with van der Waals surface area (Å²) in [7, 11) is 1.63. The van der Waals surface area contributed by atoms with E-state index in [1.807, 2.05) is 45.0 Å². The number of thiophene rings is 1. The minimum absolute atomic E-state index is 0.0422. The van der Waals surface area contributed by atoms with Crippen LogP contribution < -0.4 is 15.4 Å². The standard InChI is InChI=1S/C29H38N4O6S/c1-18(2)39-22(20-9-7-8-10-21(20)36-6)17-31-27-23(19(3)24(40-27)26-30-11-14-38-26)25(34)32-29(4,5)28(35)33-12-15-37-16-13-33/h7-11,14,18,22,31H,12-13,15-17H2,1-6H3,(H,32,34)/t22-/m0/s1. The summed E-state index contributed by atoms with van der Waals surface area (Å²) in [6, 6.07) is 7.72. The van der Waals surface area contributed by atoms with Crippen molar-refractivity contribution in [1.29, 1.82) is 0 Å². The molecule has 1 saturated heterocycles. The van der Waals surface area contributed by atoms with E-state index in [-0.39, 0.29) is 24.0 Å². The summed E-state index contributed by atoms with van der Waals surface area (Å²) < 4.78 is 22.8. The number of hydrogen-bond acceptors (Lipinski definition) is 9. The van der Waals surface area contributed by atoms with Gasteiger partial charge in [0.15, 0.2) is 0 Å². The van der Waals surface area contributed by atoms with Crippen molar-refractivity contribution in [2.75, 3.05) is 45.3 Å². The quantitative estimate of drug-likeness (QED) is 0.342. The van der Waals surface area contributed by atoms with Gasteiger partial charge in [0.05, 0.1) is 43.1 Å². The number of para-hydroxylation sites is 1. The molecule has 10 nitrogen and oxygen atoms in total. The molecule has 4 rings (SSSR count). The molecule has 1 fully saturated rings. The highest BCUT2D eigenvalue weighted by Crippen LogP contribution is 2.40. The number of anilines is 1. The minimum Gasteiger partial charge on any atom is -0.496 e. The Morgan fingerprint density at radius 2 is 1.93 bits per heavy atom. The molecule has 0 spiro atoms. The van der Waals surface area contributed by atoms with E-state index in [1.165, 1.54) is 17.6 Å². The van der Waals surface area contributed by atoms with E-state index in [0.29, 0.717) is 54.9 Å². The summed E-state index contributed by atoms with van der Waals surface area (Å²) >= 11 is 1.37. The monoisotopic (exact) mass is 570 g/mol. The molecule has 0 aliphatic carbocycles. The minimum atomic E-state index is -1.12. The highest BCUT2D eigenvalue weighted by Gasteiger charge is 2.36. The Balaban J connectivity index is 1.63. The number of nitrogens with one attached hydrogen (secondary N) is 2. The number of methoxy groups -OCH3 is 1. The Hall–Kier alpha value is -3.41. The average molecular weight is 571 g/mol. The zero-order chi connectivity index (χ0) is 28.9. The van der Waals surface area contributed by atoms with Crippen molar-refractivity contribution in [3.8, 4) is 16.5 Å². The number of amides is 2. The second-order valence-electron chi connectivity index (χ2n) is 10.4. The number of aromatic nitrogens is 1. The van der Waals surface area contributed by atoms with Crippen LogP contribution in [0.2, 0.25) is 0 Å². The lowest BCUT2D eigenvalue weighted by Gasteiger charge is -2.34. The number of morpholine rings is 1. The van der Waals surface area contributed by atoms with Crippen LogP contribution >= 0.6 is 11.3 Å². The topological polar surface area (TPSA) is 115 Å². The summed E-state index contributed by atoms with van der Waals surface area (Å²) in [5.74, 6) is 0.632. The van der Waals surface area contributed by atoms with Crippen LogP contribution in [0, 0.1) is 6.92 Å². The van der Waals surface area contributed by atoms with E-state index in [9.17, 15) is 9.59 Å². The molecule has 3 heterocycles. The van der Waals surface area contributed by atoms with Gasteiger partial charge >= 0.3 is 0 Å². The maximum Gasteiger partial charge on any atom is 0.255 e. The van der Waals surface area contributed by atoms with Crippen LogP contribution in [-0.2, 0) is 14.3 Å². The van der Waals surface area contributed by atoms with E-state index in [0.717, 1.165) is 16.2 Å². The third kappa shape index (κ3) is 6.65. The molecule has 2 N–H and O–H groups in total. The molecular formula is C29H38N4O6S. The predicted octanol–water partition coefficient (Wildman–Crippen LogP) is 4.67. The number of hydrogen-bond donors (Lipinski definition) is 2. The lowest BCUT2D eigenvalue weighted by atomic mass is 10.0. The third-order valence-corrected chi connectivity index (χ3v) is 7.87. The average Bonchev–Trinajstić information content (AvgIpc) is 3.58. The van der Waals surface area contributed by atoms with Gasteiger partial charge in [-0.15, -0.1) is 11.3 Å². The van der Waals surface area contributed by atoms with Crippen molar-refractivity contribution >= 4 is 28.2 Å². The zero-order valence-corrected chi connectivity index (χ0v) is 24.7. The highest BCUT2D eigenvalue weighted by atomic mass is 32.1. The van der Waals surface area contributed by atoms with Crippen LogP contribution in [0.25, 0.3) is 10.8 Å². The number of rotatable bonds is 11. The summed E-state index contributed by atoms with van der Waals surface area (Å²) in [5.41, 5.74) is 0.921. The second kappa shape index (κ2) is 12.8. The molecule has 0 saturated carbocycles. The van der Waals surface area contributed by atoms with E-state index in [1.54, 1.807) is 32.1 Å². The molecule has 3 aromatic rings. The molecule has 1 aliphatic heterocycles. The fourth-order valence-electron chi connectivity index (χ4n) is 4.69. The van der Waals surface area contributed by atoms with Crippen LogP contribution in [0.15, 0.2) is 41.1 Å². The van der Waals surface area contributed by atoms with Gasteiger partial charge in [-0.05, 0) is 46.2 Å². The van der Waals surface area contributed by atoms with Crippen molar-refractivity contribution in [1.82, 2.24) is 15.2 Å². The molecule has 1 aliphatic rings. The first-order chi connectivity index (χ1) is 19.1. The van der Waals surface area contributed by atoms with Gasteiger partial charge in [-0.3, -0.25) is 9.59 Å². The van der Waals surface area contributed by atoms with Crippen LogP contribution in [0.4, 0.5) is 5.00 Å². The van der Waals surface area contributed by atoms with Gasteiger partial charge in [-0.25, -0.2) is 4.98 Å². The fourth-order valence-corrected chi connectivity index (χ4v) is 5.84. The number of nitrogens with zero attached hydrogens (tertiary/aromatic N) is 2. The smallest absolute Gasteiger partial charge is 0.255 e. The largest absolute Gasteiger partial charge is 0.496 e. The molecule has 11 heteroatoms. The van der Waals surface area contributed by atoms with Crippen LogP contribution in [-0.4, -0.2) is 73.3 Å². The van der Waals surface area contributed by atoms with E-state index in [4.69, 9.17) is 18.6 Å². The zero-order valence-electron chi connectivity index (χ0n) is 23.9. The Kier molecular flexibility index (Phi) is 9.49. The van der Waals surface area contributed by atoms with Crippen molar-refractivity contribution in [3.05, 3.63) is 53.4 Å². The lowest BCUT2D eigenvalue weighted by molar-refractivity contribution is -0.140. The maximum absolute atomic E-state index is 13.8.